The number of carbonyl (C=O) groups is 1. The van der Waals surface area contributed by atoms with E-state index in [1.54, 1.807) is 0 Å². The predicted octanol–water partition coefficient (Wildman–Crippen LogP) is 4.19. The minimum absolute atomic E-state index is 0.00419. The molecule has 24 heavy (non-hydrogen) atoms. The second-order valence-corrected chi connectivity index (χ2v) is 6.14. The van der Waals surface area contributed by atoms with E-state index in [9.17, 15) is 19.3 Å². The zero-order valence-electron chi connectivity index (χ0n) is 11.9. The molecule has 1 heterocycles. The molecule has 0 amide bonds. The van der Waals surface area contributed by atoms with E-state index in [2.05, 4.69) is 21.2 Å². The molecular formula is C15H9BrClFN2O4. The monoisotopic (exact) mass is 414 g/mol. The minimum Gasteiger partial charge on any atom is -0.489 e. The fraction of sp³-hybridized carbons (Fsp3) is 0.133. The quantitative estimate of drug-likeness (QED) is 0.462. The van der Waals surface area contributed by atoms with Crippen LogP contribution in [0.4, 0.5) is 15.8 Å². The Morgan fingerprint density at radius 2 is 2.17 bits per heavy atom. The van der Waals surface area contributed by atoms with Crippen LogP contribution in [0.3, 0.4) is 0 Å². The normalized spacial score (nSPS) is 12.8. The van der Waals surface area contributed by atoms with E-state index in [0.717, 1.165) is 12.1 Å². The molecule has 2 aromatic carbocycles. The third-order valence-corrected chi connectivity index (χ3v) is 4.59. The number of benzene rings is 2. The molecule has 0 spiro atoms. The lowest BCUT2D eigenvalue weighted by atomic mass is 10.00. The zero-order chi connectivity index (χ0) is 17.4. The fourth-order valence-corrected chi connectivity index (χ4v) is 3.32. The molecule has 2 aromatic rings. The molecule has 0 aliphatic carbocycles. The molecular weight excluding hydrogens is 407 g/mol. The van der Waals surface area contributed by atoms with Crippen molar-refractivity contribution in [3.05, 3.63) is 60.8 Å². The van der Waals surface area contributed by atoms with E-state index in [1.807, 2.05) is 0 Å². The Morgan fingerprint density at radius 1 is 1.42 bits per heavy atom. The first-order valence-electron chi connectivity index (χ1n) is 6.77. The number of anilines is 1. The molecule has 6 nitrogen and oxygen atoms in total. The number of fused-ring (bicyclic) bond motifs is 1. The van der Waals surface area contributed by atoms with Crippen molar-refractivity contribution in [1.82, 2.24) is 0 Å². The van der Waals surface area contributed by atoms with Crippen LogP contribution in [0.25, 0.3) is 0 Å². The Morgan fingerprint density at radius 3 is 2.88 bits per heavy atom. The van der Waals surface area contributed by atoms with Crippen molar-refractivity contribution >= 4 is 44.7 Å². The van der Waals surface area contributed by atoms with Gasteiger partial charge in [-0.2, -0.15) is 0 Å². The summed E-state index contributed by atoms with van der Waals surface area (Å²) < 4.78 is 19.0. The van der Waals surface area contributed by atoms with Crippen LogP contribution in [0.15, 0.2) is 28.7 Å². The second-order valence-electron chi connectivity index (χ2n) is 4.94. The second kappa shape index (κ2) is 6.37. The summed E-state index contributed by atoms with van der Waals surface area (Å²) in [5, 5.41) is 14.4. The average molecular weight is 416 g/mol. The molecule has 0 bridgehead atoms. The number of ketones is 1. The number of carbonyl (C=O) groups excluding carboxylic acids is 1. The fourth-order valence-electron chi connectivity index (χ4n) is 2.40. The van der Waals surface area contributed by atoms with E-state index in [1.165, 1.54) is 12.1 Å². The lowest BCUT2D eigenvalue weighted by Crippen LogP contribution is -2.20. The number of ether oxygens (including phenoxy) is 1. The van der Waals surface area contributed by atoms with Crippen molar-refractivity contribution in [2.45, 2.75) is 0 Å². The number of nitrogens with zero attached hydrogens (tertiary/aromatic N) is 1. The third-order valence-electron chi connectivity index (χ3n) is 3.47. The van der Waals surface area contributed by atoms with E-state index in [-0.39, 0.29) is 26.4 Å². The summed E-state index contributed by atoms with van der Waals surface area (Å²) in [6.45, 7) is 0.831. The van der Waals surface area contributed by atoms with Gasteiger partial charge < -0.3 is 10.1 Å². The van der Waals surface area contributed by atoms with Gasteiger partial charge in [0.25, 0.3) is 5.69 Å². The van der Waals surface area contributed by atoms with Gasteiger partial charge in [0.05, 0.1) is 26.2 Å². The van der Waals surface area contributed by atoms with Crippen LogP contribution in [-0.4, -0.2) is 23.9 Å². The molecule has 0 atom stereocenters. The molecule has 1 N–H and O–H groups in total. The Bertz CT molecular complexity index is 875. The standard InChI is InChI=1S/C15H9BrClFN2O4/c16-13-12(15(21)8-5-7(18)1-2-9(8)17)10(20(22)23)6-11-14(13)19-3-4-24-11/h1-2,5-6,19H,3-4H2. The number of halogens is 3. The van der Waals surface area contributed by atoms with Crippen LogP contribution in [-0.2, 0) is 0 Å². The molecule has 1 aliphatic heterocycles. The van der Waals surface area contributed by atoms with Gasteiger partial charge in [0.1, 0.15) is 18.0 Å². The van der Waals surface area contributed by atoms with Crippen molar-refractivity contribution < 1.29 is 18.8 Å². The highest BCUT2D eigenvalue weighted by Gasteiger charge is 2.31. The summed E-state index contributed by atoms with van der Waals surface area (Å²) in [6.07, 6.45) is 0. The largest absolute Gasteiger partial charge is 0.489 e. The van der Waals surface area contributed by atoms with Gasteiger partial charge >= 0.3 is 0 Å². The number of hydrogen-bond acceptors (Lipinski definition) is 5. The van der Waals surface area contributed by atoms with Crippen molar-refractivity contribution in [3.8, 4) is 5.75 Å². The van der Waals surface area contributed by atoms with Gasteiger partial charge in [0.2, 0.25) is 5.78 Å². The third kappa shape index (κ3) is 2.83. The molecule has 0 saturated heterocycles. The summed E-state index contributed by atoms with van der Waals surface area (Å²) in [6, 6.07) is 4.45. The molecule has 1 aliphatic rings. The van der Waals surface area contributed by atoms with Gasteiger partial charge in [-0.3, -0.25) is 14.9 Å². The summed E-state index contributed by atoms with van der Waals surface area (Å²) in [4.78, 5) is 23.5. The number of rotatable bonds is 3. The van der Waals surface area contributed by atoms with E-state index in [4.69, 9.17) is 16.3 Å². The van der Waals surface area contributed by atoms with Crippen LogP contribution >= 0.6 is 27.5 Å². The minimum atomic E-state index is -0.756. The van der Waals surface area contributed by atoms with Crippen molar-refractivity contribution in [3.63, 3.8) is 0 Å². The van der Waals surface area contributed by atoms with Crippen LogP contribution in [0.2, 0.25) is 5.02 Å². The van der Waals surface area contributed by atoms with Crippen LogP contribution in [0, 0.1) is 15.9 Å². The number of hydrogen-bond donors (Lipinski definition) is 1. The maximum absolute atomic E-state index is 13.5. The van der Waals surface area contributed by atoms with Gasteiger partial charge in [-0.15, -0.1) is 0 Å². The zero-order valence-corrected chi connectivity index (χ0v) is 14.3. The molecule has 0 fully saturated rings. The van der Waals surface area contributed by atoms with Crippen molar-refractivity contribution in [2.24, 2.45) is 0 Å². The molecule has 0 saturated carbocycles. The van der Waals surface area contributed by atoms with Gasteiger partial charge in [0, 0.05) is 12.1 Å². The first-order chi connectivity index (χ1) is 11.4. The molecule has 0 aromatic heterocycles. The highest BCUT2D eigenvalue weighted by atomic mass is 79.9. The Hall–Kier alpha value is -2.19. The molecule has 3 rings (SSSR count). The van der Waals surface area contributed by atoms with E-state index in [0.29, 0.717) is 18.8 Å². The molecule has 124 valence electrons. The first kappa shape index (κ1) is 16.7. The van der Waals surface area contributed by atoms with Crippen molar-refractivity contribution in [2.75, 3.05) is 18.5 Å². The Balaban J connectivity index is 2.24. The molecule has 0 unspecified atom stereocenters. The Kier molecular flexibility index (Phi) is 4.42. The SMILES string of the molecule is O=C(c1cc(F)ccc1Cl)c1c([N+](=O)[O-])cc2c(c1Br)NCCO2. The van der Waals surface area contributed by atoms with Gasteiger partial charge in [0.15, 0.2) is 5.75 Å². The van der Waals surface area contributed by atoms with Gasteiger partial charge in [-0.25, -0.2) is 4.39 Å². The smallest absolute Gasteiger partial charge is 0.285 e. The number of nitrogens with one attached hydrogen (secondary N) is 1. The topological polar surface area (TPSA) is 81.5 Å². The number of nitro benzene ring substituents is 1. The lowest BCUT2D eigenvalue weighted by Gasteiger charge is -2.21. The summed E-state index contributed by atoms with van der Waals surface area (Å²) in [5.41, 5.74) is -0.390. The lowest BCUT2D eigenvalue weighted by molar-refractivity contribution is -0.385. The Labute approximate surface area is 148 Å². The maximum Gasteiger partial charge on any atom is 0.285 e. The van der Waals surface area contributed by atoms with Gasteiger partial charge in [-0.1, -0.05) is 11.6 Å². The molecule has 0 radical (unpaired) electrons. The van der Waals surface area contributed by atoms with E-state index < -0.39 is 22.2 Å². The molecule has 9 heteroatoms. The van der Waals surface area contributed by atoms with Crippen LogP contribution < -0.4 is 10.1 Å². The highest BCUT2D eigenvalue weighted by molar-refractivity contribution is 9.10. The maximum atomic E-state index is 13.5. The van der Waals surface area contributed by atoms with E-state index >= 15 is 0 Å². The van der Waals surface area contributed by atoms with Crippen molar-refractivity contribution in [1.29, 1.82) is 0 Å². The van der Waals surface area contributed by atoms with Crippen LogP contribution in [0.5, 0.6) is 5.75 Å². The summed E-state index contributed by atoms with van der Waals surface area (Å²) in [5.74, 6) is -1.16. The highest BCUT2D eigenvalue weighted by Crippen LogP contribution is 2.43. The predicted molar refractivity (Wildman–Crippen MR) is 89.6 cm³/mol. The van der Waals surface area contributed by atoms with Gasteiger partial charge in [-0.05, 0) is 34.1 Å². The van der Waals surface area contributed by atoms with Crippen LogP contribution in [0.1, 0.15) is 15.9 Å². The average Bonchev–Trinajstić information content (AvgIpc) is 2.56. The number of nitro groups is 1. The first-order valence-corrected chi connectivity index (χ1v) is 7.94. The summed E-state index contributed by atoms with van der Waals surface area (Å²) >= 11 is 9.18. The summed E-state index contributed by atoms with van der Waals surface area (Å²) in [7, 11) is 0.